The van der Waals surface area contributed by atoms with E-state index in [9.17, 15) is 9.59 Å². The fourth-order valence-electron chi connectivity index (χ4n) is 3.42. The van der Waals surface area contributed by atoms with Gasteiger partial charge in [0.2, 0.25) is 0 Å². The predicted molar refractivity (Wildman–Crippen MR) is 124 cm³/mol. The van der Waals surface area contributed by atoms with Gasteiger partial charge in [0.05, 0.1) is 30.0 Å². The van der Waals surface area contributed by atoms with Crippen molar-refractivity contribution in [3.8, 4) is 11.1 Å². The minimum absolute atomic E-state index is 0.0674. The van der Waals surface area contributed by atoms with Crippen LogP contribution in [0, 0.1) is 0 Å². The van der Waals surface area contributed by atoms with Gasteiger partial charge in [-0.25, -0.2) is 9.78 Å². The number of carbonyl (C=O) groups is 1. The third kappa shape index (κ3) is 3.38. The summed E-state index contributed by atoms with van der Waals surface area (Å²) < 4.78 is 8.44. The molecular formula is C20H17IN4O3S. The summed E-state index contributed by atoms with van der Waals surface area (Å²) in [5.74, 6) is -0.431. The first-order chi connectivity index (χ1) is 14.1. The summed E-state index contributed by atoms with van der Waals surface area (Å²) in [4.78, 5) is 32.8. The van der Waals surface area contributed by atoms with Crippen LogP contribution in [-0.2, 0) is 11.3 Å². The number of hydrogen-bond acceptors (Lipinski definition) is 5. The largest absolute Gasteiger partial charge is 0.465 e. The Balaban J connectivity index is 2.08. The number of fused-ring (bicyclic) bond motifs is 2. The predicted octanol–water partition coefficient (Wildman–Crippen LogP) is 4.56. The number of rotatable bonds is 6. The SMILES string of the molecule is C=CCCn1cc(-c2cc(C(=O)OC)cc3[nH]cnc23)c2ccn(SI)c2c1=O. The monoisotopic (exact) mass is 520 g/mol. The van der Waals surface area contributed by atoms with Gasteiger partial charge < -0.3 is 14.3 Å². The molecule has 3 aromatic heterocycles. The minimum atomic E-state index is -0.431. The number of aromatic amines is 1. The molecule has 1 N–H and O–H groups in total. The van der Waals surface area contributed by atoms with Gasteiger partial charge in [-0.15, -0.1) is 6.58 Å². The lowest BCUT2D eigenvalue weighted by Crippen LogP contribution is -2.21. The Morgan fingerprint density at radius 3 is 2.97 bits per heavy atom. The molecule has 1 aromatic carbocycles. The van der Waals surface area contributed by atoms with Crippen LogP contribution in [0.1, 0.15) is 16.8 Å². The van der Waals surface area contributed by atoms with Crippen LogP contribution < -0.4 is 5.56 Å². The number of nitrogens with one attached hydrogen (secondary N) is 1. The molecule has 0 unspecified atom stereocenters. The zero-order valence-electron chi connectivity index (χ0n) is 15.5. The lowest BCUT2D eigenvalue weighted by molar-refractivity contribution is 0.0601. The summed E-state index contributed by atoms with van der Waals surface area (Å²) in [5, 5.41) is 0.806. The Labute approximate surface area is 182 Å². The number of H-pyrrole nitrogens is 1. The van der Waals surface area contributed by atoms with Crippen molar-refractivity contribution in [2.24, 2.45) is 0 Å². The van der Waals surface area contributed by atoms with E-state index in [4.69, 9.17) is 4.74 Å². The molecule has 0 aliphatic carbocycles. The molecule has 0 saturated carbocycles. The second-order valence-electron chi connectivity index (χ2n) is 6.41. The fraction of sp³-hybridized carbons (Fsp3) is 0.150. The maximum atomic E-state index is 13.1. The number of esters is 1. The van der Waals surface area contributed by atoms with Gasteiger partial charge in [0.15, 0.2) is 0 Å². The smallest absolute Gasteiger partial charge is 0.337 e. The number of hydrogen-bond donors (Lipinski definition) is 1. The number of allylic oxidation sites excluding steroid dienone is 1. The van der Waals surface area contributed by atoms with E-state index >= 15 is 0 Å². The second kappa shape index (κ2) is 8.07. The Kier molecular flexibility index (Phi) is 5.50. The topological polar surface area (TPSA) is 81.9 Å². The zero-order valence-corrected chi connectivity index (χ0v) is 18.5. The van der Waals surface area contributed by atoms with E-state index in [1.807, 2.05) is 22.4 Å². The third-order valence-electron chi connectivity index (χ3n) is 4.77. The highest BCUT2D eigenvalue weighted by Gasteiger charge is 2.19. The maximum Gasteiger partial charge on any atom is 0.337 e. The van der Waals surface area contributed by atoms with Crippen molar-refractivity contribution in [3.05, 3.63) is 65.5 Å². The zero-order chi connectivity index (χ0) is 20.5. The van der Waals surface area contributed by atoms with Gasteiger partial charge in [-0.05, 0) is 24.6 Å². The van der Waals surface area contributed by atoms with Crippen LogP contribution in [0.25, 0.3) is 33.1 Å². The van der Waals surface area contributed by atoms with Gasteiger partial charge in [-0.3, -0.25) is 8.77 Å². The number of pyridine rings is 1. The summed E-state index contributed by atoms with van der Waals surface area (Å²) in [7, 11) is 2.78. The fourth-order valence-corrected chi connectivity index (χ4v) is 4.76. The van der Waals surface area contributed by atoms with E-state index < -0.39 is 5.97 Å². The van der Waals surface area contributed by atoms with Crippen LogP contribution in [0.4, 0.5) is 0 Å². The highest BCUT2D eigenvalue weighted by molar-refractivity contribution is 14.2. The molecule has 0 amide bonds. The van der Waals surface area contributed by atoms with Gasteiger partial charge in [0.1, 0.15) is 5.52 Å². The standard InChI is InChI=1S/C20H17IN4O3S/c1-3-4-6-24-10-15(13-5-7-25(29-21)18(13)19(24)26)14-8-12(20(27)28-2)9-16-17(14)23-11-22-16/h3,5,7-11H,1,4,6H2,2H3,(H,22,23). The van der Waals surface area contributed by atoms with Crippen LogP contribution in [0.3, 0.4) is 0 Å². The van der Waals surface area contributed by atoms with Crippen LogP contribution in [0.2, 0.25) is 0 Å². The summed E-state index contributed by atoms with van der Waals surface area (Å²) in [6.45, 7) is 4.27. The molecule has 4 aromatic rings. The summed E-state index contributed by atoms with van der Waals surface area (Å²) >= 11 is 2.15. The first kappa shape index (κ1) is 19.8. The van der Waals surface area contributed by atoms with Gasteiger partial charge >= 0.3 is 5.97 Å². The van der Waals surface area contributed by atoms with E-state index in [1.54, 1.807) is 29.1 Å². The number of aryl methyl sites for hydroxylation is 1. The first-order valence-electron chi connectivity index (χ1n) is 8.79. The number of halogens is 1. The molecule has 7 nitrogen and oxygen atoms in total. The second-order valence-corrected chi connectivity index (χ2v) is 8.12. The van der Waals surface area contributed by atoms with E-state index in [2.05, 4.69) is 37.8 Å². The number of carbonyl (C=O) groups excluding carboxylic acids is 1. The van der Waals surface area contributed by atoms with E-state index in [1.165, 1.54) is 16.2 Å². The highest BCUT2D eigenvalue weighted by atomic mass is 127. The van der Waals surface area contributed by atoms with E-state index in [-0.39, 0.29) is 5.56 Å². The average Bonchev–Trinajstić information content (AvgIpc) is 3.39. The van der Waals surface area contributed by atoms with E-state index in [0.717, 1.165) is 27.5 Å². The van der Waals surface area contributed by atoms with Crippen LogP contribution in [0.15, 0.2) is 54.4 Å². The number of ether oxygens (including phenoxy) is 1. The van der Waals surface area contributed by atoms with Crippen molar-refractivity contribution in [2.75, 3.05) is 7.11 Å². The van der Waals surface area contributed by atoms with E-state index in [0.29, 0.717) is 24.0 Å². The third-order valence-corrected chi connectivity index (χ3v) is 6.50. The average molecular weight is 520 g/mol. The van der Waals surface area contributed by atoms with Crippen molar-refractivity contribution in [3.63, 3.8) is 0 Å². The van der Waals surface area contributed by atoms with Gasteiger partial charge in [0.25, 0.3) is 5.56 Å². The quantitative estimate of drug-likeness (QED) is 0.229. The van der Waals surface area contributed by atoms with Gasteiger partial charge in [-0.2, -0.15) is 0 Å². The molecule has 148 valence electrons. The molecule has 0 saturated heterocycles. The molecule has 0 aliphatic heterocycles. The number of imidazole rings is 1. The highest BCUT2D eigenvalue weighted by Crippen LogP contribution is 2.35. The normalized spacial score (nSPS) is 11.2. The number of methoxy groups -OCH3 is 1. The van der Waals surface area contributed by atoms with Crippen molar-refractivity contribution in [1.82, 2.24) is 18.5 Å². The van der Waals surface area contributed by atoms with Crippen molar-refractivity contribution in [1.29, 1.82) is 0 Å². The Morgan fingerprint density at radius 2 is 2.24 bits per heavy atom. The molecule has 0 radical (unpaired) electrons. The molecule has 9 heteroatoms. The van der Waals surface area contributed by atoms with Crippen molar-refractivity contribution >= 4 is 58.2 Å². The molecule has 0 atom stereocenters. The molecular weight excluding hydrogens is 503 g/mol. The van der Waals surface area contributed by atoms with Crippen LogP contribution >= 0.6 is 30.3 Å². The molecule has 0 spiro atoms. The van der Waals surface area contributed by atoms with Crippen molar-refractivity contribution < 1.29 is 9.53 Å². The van der Waals surface area contributed by atoms with Crippen molar-refractivity contribution in [2.45, 2.75) is 13.0 Å². The van der Waals surface area contributed by atoms with Gasteiger partial charge in [0, 0.05) is 65.8 Å². The molecule has 29 heavy (non-hydrogen) atoms. The lowest BCUT2D eigenvalue weighted by Gasteiger charge is -2.12. The Hall–Kier alpha value is -2.53. The molecule has 0 bridgehead atoms. The number of benzene rings is 1. The molecule has 0 aliphatic rings. The Bertz CT molecular complexity index is 1300. The summed E-state index contributed by atoms with van der Waals surface area (Å²) in [6.07, 6.45) is 7.75. The summed E-state index contributed by atoms with van der Waals surface area (Å²) in [6, 6.07) is 5.40. The Morgan fingerprint density at radius 1 is 1.41 bits per heavy atom. The number of nitrogens with zero attached hydrogens (tertiary/aromatic N) is 3. The lowest BCUT2D eigenvalue weighted by atomic mass is 9.99. The summed E-state index contributed by atoms with van der Waals surface area (Å²) in [5.41, 5.74) is 3.98. The minimum Gasteiger partial charge on any atom is -0.465 e. The maximum absolute atomic E-state index is 13.1. The van der Waals surface area contributed by atoms with Crippen LogP contribution in [-0.4, -0.2) is 31.6 Å². The molecule has 0 fully saturated rings. The molecule has 3 heterocycles. The number of aromatic nitrogens is 4. The van der Waals surface area contributed by atoms with Crippen LogP contribution in [0.5, 0.6) is 0 Å². The molecule has 4 rings (SSSR count). The van der Waals surface area contributed by atoms with Gasteiger partial charge in [-0.1, -0.05) is 6.08 Å². The first-order valence-corrected chi connectivity index (χ1v) is 12.1.